The molecule has 0 heterocycles. The fraction of sp³-hybridized carbons (Fsp3) is 0.857. The van der Waals surface area contributed by atoms with Gasteiger partial charge < -0.3 is 15.3 Å². The molecular formula is C14H26N2O3. The normalized spacial score (nSPS) is 17.2. The number of carboxylic acids is 1. The Morgan fingerprint density at radius 2 is 1.84 bits per heavy atom. The van der Waals surface area contributed by atoms with Crippen LogP contribution < -0.4 is 5.32 Å². The predicted molar refractivity (Wildman–Crippen MR) is 74.0 cm³/mol. The maximum atomic E-state index is 12.3. The van der Waals surface area contributed by atoms with Crippen molar-refractivity contribution in [2.24, 2.45) is 11.3 Å². The van der Waals surface area contributed by atoms with Crippen LogP contribution in [0.3, 0.4) is 0 Å². The second-order valence-electron chi connectivity index (χ2n) is 6.78. The number of hydrogen-bond donors (Lipinski definition) is 2. The first kappa shape index (κ1) is 15.8. The minimum Gasteiger partial charge on any atom is -0.480 e. The maximum Gasteiger partial charge on any atom is 0.326 e. The molecule has 5 nitrogen and oxygen atoms in total. The number of aliphatic carboxylic acids is 1. The molecule has 0 aromatic heterocycles. The molecule has 1 saturated carbocycles. The molecule has 2 amide bonds. The van der Waals surface area contributed by atoms with Crippen molar-refractivity contribution in [2.75, 3.05) is 6.54 Å². The molecule has 0 radical (unpaired) electrons. The van der Waals surface area contributed by atoms with Crippen molar-refractivity contribution in [1.29, 1.82) is 0 Å². The van der Waals surface area contributed by atoms with Gasteiger partial charge in [0.05, 0.1) is 0 Å². The van der Waals surface area contributed by atoms with Crippen LogP contribution in [0.15, 0.2) is 0 Å². The fourth-order valence-electron chi connectivity index (χ4n) is 1.96. The first-order valence-corrected chi connectivity index (χ1v) is 6.93. The van der Waals surface area contributed by atoms with Crippen LogP contribution in [0.5, 0.6) is 0 Å². The number of carboxylic acid groups (broad SMARTS) is 1. The zero-order chi connectivity index (χ0) is 14.8. The van der Waals surface area contributed by atoms with E-state index in [1.54, 1.807) is 4.90 Å². The summed E-state index contributed by atoms with van der Waals surface area (Å²) in [5, 5.41) is 11.9. The lowest BCUT2D eigenvalue weighted by Gasteiger charge is -2.33. The lowest BCUT2D eigenvalue weighted by molar-refractivity contribution is -0.142. The summed E-state index contributed by atoms with van der Waals surface area (Å²) in [7, 11) is 0. The second kappa shape index (κ2) is 5.80. The van der Waals surface area contributed by atoms with Crippen LogP contribution in [-0.2, 0) is 4.79 Å². The summed E-state index contributed by atoms with van der Waals surface area (Å²) in [6, 6.07) is -1.07. The number of carbonyl (C=O) groups excluding carboxylic acids is 1. The highest BCUT2D eigenvalue weighted by Crippen LogP contribution is 2.30. The largest absolute Gasteiger partial charge is 0.480 e. The van der Waals surface area contributed by atoms with Gasteiger partial charge in [-0.05, 0) is 38.0 Å². The molecule has 1 unspecified atom stereocenters. The Morgan fingerprint density at radius 1 is 1.32 bits per heavy atom. The van der Waals surface area contributed by atoms with E-state index >= 15 is 0 Å². The number of carbonyl (C=O) groups is 2. The third kappa shape index (κ3) is 4.73. The molecule has 19 heavy (non-hydrogen) atoms. The van der Waals surface area contributed by atoms with Gasteiger partial charge in [0.1, 0.15) is 6.04 Å². The van der Waals surface area contributed by atoms with E-state index < -0.39 is 17.4 Å². The molecule has 1 rings (SSSR count). The zero-order valence-electron chi connectivity index (χ0n) is 12.6. The number of nitrogens with one attached hydrogen (secondary N) is 1. The second-order valence-corrected chi connectivity index (χ2v) is 6.78. The summed E-state index contributed by atoms with van der Waals surface area (Å²) in [6.07, 6.45) is 2.33. The van der Waals surface area contributed by atoms with E-state index in [4.69, 9.17) is 0 Å². The van der Waals surface area contributed by atoms with Crippen LogP contribution in [0.2, 0.25) is 0 Å². The topological polar surface area (TPSA) is 69.6 Å². The molecule has 0 aromatic rings. The van der Waals surface area contributed by atoms with Crippen LogP contribution in [0.4, 0.5) is 4.79 Å². The Labute approximate surface area is 115 Å². The summed E-state index contributed by atoms with van der Waals surface area (Å²) in [4.78, 5) is 25.3. The van der Waals surface area contributed by atoms with E-state index in [9.17, 15) is 14.7 Å². The van der Waals surface area contributed by atoms with Gasteiger partial charge in [0.25, 0.3) is 0 Å². The van der Waals surface area contributed by atoms with Gasteiger partial charge in [-0.3, -0.25) is 0 Å². The fourth-order valence-corrected chi connectivity index (χ4v) is 1.96. The molecule has 1 aliphatic rings. The first-order chi connectivity index (χ1) is 8.62. The van der Waals surface area contributed by atoms with Crippen molar-refractivity contribution in [1.82, 2.24) is 10.2 Å². The number of rotatable bonds is 5. The zero-order valence-corrected chi connectivity index (χ0v) is 12.6. The molecule has 110 valence electrons. The molecule has 1 fully saturated rings. The van der Waals surface area contributed by atoms with Crippen molar-refractivity contribution in [2.45, 2.75) is 59.5 Å². The highest BCUT2D eigenvalue weighted by atomic mass is 16.4. The van der Waals surface area contributed by atoms with E-state index in [0.717, 1.165) is 19.4 Å². The Balaban J connectivity index is 2.70. The standard InChI is InChI=1S/C14H26N2O3/c1-9(2)16(8-10-6-7-10)13(19)15-11(12(17)18)14(3,4)5/h9-11H,6-8H2,1-5H3,(H,15,19)(H,17,18). The molecule has 0 aliphatic heterocycles. The molecular weight excluding hydrogens is 244 g/mol. The van der Waals surface area contributed by atoms with Crippen molar-refractivity contribution in [3.63, 3.8) is 0 Å². The molecule has 0 saturated heterocycles. The van der Waals surface area contributed by atoms with Crippen LogP contribution in [0.1, 0.15) is 47.5 Å². The monoisotopic (exact) mass is 270 g/mol. The highest BCUT2D eigenvalue weighted by Gasteiger charge is 2.35. The van der Waals surface area contributed by atoms with Gasteiger partial charge in [0, 0.05) is 12.6 Å². The molecule has 5 heteroatoms. The third-order valence-electron chi connectivity index (χ3n) is 3.42. The Kier molecular flexibility index (Phi) is 4.82. The Hall–Kier alpha value is -1.26. The number of nitrogens with zero attached hydrogens (tertiary/aromatic N) is 1. The van der Waals surface area contributed by atoms with Gasteiger partial charge in [-0.15, -0.1) is 0 Å². The smallest absolute Gasteiger partial charge is 0.326 e. The molecule has 1 aliphatic carbocycles. The predicted octanol–water partition coefficient (Wildman–Crippen LogP) is 2.32. The van der Waals surface area contributed by atoms with E-state index in [2.05, 4.69) is 5.32 Å². The number of urea groups is 1. The van der Waals surface area contributed by atoms with Gasteiger partial charge >= 0.3 is 12.0 Å². The lowest BCUT2D eigenvalue weighted by Crippen LogP contribution is -2.55. The van der Waals surface area contributed by atoms with Crippen LogP contribution in [-0.4, -0.2) is 40.6 Å². The lowest BCUT2D eigenvalue weighted by atomic mass is 9.87. The maximum absolute atomic E-state index is 12.3. The van der Waals surface area contributed by atoms with Gasteiger partial charge in [-0.1, -0.05) is 20.8 Å². The van der Waals surface area contributed by atoms with Crippen molar-refractivity contribution >= 4 is 12.0 Å². The minimum atomic E-state index is -0.990. The summed E-state index contributed by atoms with van der Waals surface area (Å²) in [5.41, 5.74) is -0.510. The first-order valence-electron chi connectivity index (χ1n) is 6.93. The minimum absolute atomic E-state index is 0.0787. The average molecular weight is 270 g/mol. The van der Waals surface area contributed by atoms with Crippen molar-refractivity contribution in [3.05, 3.63) is 0 Å². The van der Waals surface area contributed by atoms with Crippen LogP contribution >= 0.6 is 0 Å². The quantitative estimate of drug-likeness (QED) is 0.805. The summed E-state index contributed by atoms with van der Waals surface area (Å²) in [5.74, 6) is -0.401. The number of hydrogen-bond acceptors (Lipinski definition) is 2. The molecule has 0 aromatic carbocycles. The summed E-state index contributed by atoms with van der Waals surface area (Å²) < 4.78 is 0. The van der Waals surface area contributed by atoms with Crippen molar-refractivity contribution in [3.8, 4) is 0 Å². The van der Waals surface area contributed by atoms with Gasteiger partial charge in [-0.2, -0.15) is 0 Å². The molecule has 0 bridgehead atoms. The van der Waals surface area contributed by atoms with Gasteiger partial charge in [0.2, 0.25) is 0 Å². The summed E-state index contributed by atoms with van der Waals surface area (Å²) in [6.45, 7) is 10.1. The third-order valence-corrected chi connectivity index (χ3v) is 3.42. The Bertz CT molecular complexity index is 343. The molecule has 0 spiro atoms. The van der Waals surface area contributed by atoms with Crippen LogP contribution in [0.25, 0.3) is 0 Å². The van der Waals surface area contributed by atoms with Crippen molar-refractivity contribution < 1.29 is 14.7 Å². The van der Waals surface area contributed by atoms with E-state index in [1.165, 1.54) is 0 Å². The Morgan fingerprint density at radius 3 is 2.16 bits per heavy atom. The van der Waals surface area contributed by atoms with E-state index in [-0.39, 0.29) is 12.1 Å². The van der Waals surface area contributed by atoms with Crippen LogP contribution in [0, 0.1) is 11.3 Å². The summed E-state index contributed by atoms with van der Waals surface area (Å²) >= 11 is 0. The SMILES string of the molecule is CC(C)N(CC1CC1)C(=O)NC(C(=O)O)C(C)(C)C. The number of amides is 2. The van der Waals surface area contributed by atoms with E-state index in [0.29, 0.717) is 5.92 Å². The van der Waals surface area contributed by atoms with Gasteiger partial charge in [0.15, 0.2) is 0 Å². The van der Waals surface area contributed by atoms with E-state index in [1.807, 2.05) is 34.6 Å². The average Bonchev–Trinajstić information content (AvgIpc) is 3.03. The molecule has 2 N–H and O–H groups in total. The van der Waals surface area contributed by atoms with Gasteiger partial charge in [-0.25, -0.2) is 9.59 Å². The highest BCUT2D eigenvalue weighted by molar-refractivity contribution is 5.83. The molecule has 1 atom stereocenters.